The van der Waals surface area contributed by atoms with Crippen molar-refractivity contribution in [2.24, 2.45) is 0 Å². The molecule has 0 aliphatic heterocycles. The molecule has 0 aliphatic carbocycles. The Morgan fingerprint density at radius 2 is 1.26 bits per heavy atom. The summed E-state index contributed by atoms with van der Waals surface area (Å²) in [5.41, 5.74) is 1.51. The van der Waals surface area contributed by atoms with Crippen LogP contribution in [-0.2, 0) is 6.54 Å². The molecule has 152 valence electrons. The molecule has 2 rings (SSSR count). The van der Waals surface area contributed by atoms with Gasteiger partial charge in [-0.2, -0.15) is 0 Å². The van der Waals surface area contributed by atoms with Crippen LogP contribution in [0.25, 0.3) is 10.9 Å². The van der Waals surface area contributed by atoms with Crippen molar-refractivity contribution in [1.82, 2.24) is 4.57 Å². The molecule has 1 aromatic carbocycles. The fourth-order valence-electron chi connectivity index (χ4n) is 4.72. The molecule has 0 amide bonds. The van der Waals surface area contributed by atoms with Gasteiger partial charge in [-0.3, -0.25) is 0 Å². The first-order valence-corrected chi connectivity index (χ1v) is 19.3. The molecule has 0 radical (unpaired) electrons. The minimum atomic E-state index is -2.40. The van der Waals surface area contributed by atoms with Gasteiger partial charge in [0.2, 0.25) is 0 Å². The maximum atomic E-state index is 2.81. The van der Waals surface area contributed by atoms with Gasteiger partial charge in [0, 0.05) is 0 Å². The third kappa shape index (κ3) is 6.02. The molecule has 27 heavy (non-hydrogen) atoms. The second kappa shape index (κ2) is 12.2. The van der Waals surface area contributed by atoms with Crippen LogP contribution in [0.5, 0.6) is 0 Å². The van der Waals surface area contributed by atoms with Gasteiger partial charge in [-0.1, -0.05) is 0 Å². The van der Waals surface area contributed by atoms with Gasteiger partial charge in [-0.25, -0.2) is 0 Å². The van der Waals surface area contributed by atoms with Gasteiger partial charge in [0.25, 0.3) is 0 Å². The van der Waals surface area contributed by atoms with E-state index in [0.717, 1.165) is 0 Å². The monoisotopic (exact) mass is 477 g/mol. The SMILES string of the molecule is CCCCCn1[c]([Sn]([CH2]CCC)([CH2]CCC)[CH2]CCC)cc2ccccc21. The Bertz CT molecular complexity index is 636. The van der Waals surface area contributed by atoms with Gasteiger partial charge in [0.1, 0.15) is 0 Å². The normalized spacial score (nSPS) is 12.1. The number of fused-ring (bicyclic) bond motifs is 1. The third-order valence-electron chi connectivity index (χ3n) is 6.37. The van der Waals surface area contributed by atoms with Crippen molar-refractivity contribution in [1.29, 1.82) is 0 Å². The van der Waals surface area contributed by atoms with Crippen molar-refractivity contribution in [3.8, 4) is 0 Å². The number of benzene rings is 1. The molecule has 0 saturated heterocycles. The van der Waals surface area contributed by atoms with E-state index in [4.69, 9.17) is 0 Å². The van der Waals surface area contributed by atoms with Gasteiger partial charge >= 0.3 is 173 Å². The number of aryl methyl sites for hydroxylation is 1. The van der Waals surface area contributed by atoms with Gasteiger partial charge in [0.15, 0.2) is 0 Å². The number of hydrogen-bond donors (Lipinski definition) is 0. The first-order valence-electron chi connectivity index (χ1n) is 11.8. The number of rotatable bonds is 14. The van der Waals surface area contributed by atoms with E-state index in [2.05, 4.69) is 62.6 Å². The standard InChI is InChI=1S/C13H16N.3C4H9.Sn/c1-2-3-6-10-14-11-9-12-7-4-5-8-13(12)14;3*1-3-4-2;/h4-5,7-9H,2-3,6,10H2,1H3;3*1,3-4H2,2H3;. The molecule has 1 aromatic heterocycles. The molecular weight excluding hydrogens is 433 g/mol. The van der Waals surface area contributed by atoms with Crippen molar-refractivity contribution in [2.75, 3.05) is 0 Å². The number of para-hydroxylation sites is 1. The summed E-state index contributed by atoms with van der Waals surface area (Å²) in [4.78, 5) is 0. The van der Waals surface area contributed by atoms with Crippen LogP contribution in [0.2, 0.25) is 13.3 Å². The molecule has 2 aromatic rings. The second-order valence-corrected chi connectivity index (χ2v) is 21.6. The Morgan fingerprint density at radius 3 is 1.81 bits per heavy atom. The summed E-state index contributed by atoms with van der Waals surface area (Å²) >= 11 is -2.40. The van der Waals surface area contributed by atoms with Crippen molar-refractivity contribution in [3.05, 3.63) is 30.3 Å². The fourth-order valence-corrected chi connectivity index (χ4v) is 21.5. The third-order valence-corrected chi connectivity index (χ3v) is 21.9. The predicted molar refractivity (Wildman–Crippen MR) is 126 cm³/mol. The number of nitrogens with zero attached hydrogens (tertiary/aromatic N) is 1. The van der Waals surface area contributed by atoms with Crippen LogP contribution in [0.1, 0.15) is 85.5 Å². The van der Waals surface area contributed by atoms with Crippen LogP contribution < -0.4 is 3.71 Å². The molecule has 0 bridgehead atoms. The molecular formula is C25H43NSn. The minimum absolute atomic E-state index is 1.24. The average Bonchev–Trinajstić information content (AvgIpc) is 3.07. The van der Waals surface area contributed by atoms with Gasteiger partial charge in [-0.15, -0.1) is 0 Å². The molecule has 0 atom stereocenters. The Kier molecular flexibility index (Phi) is 10.3. The van der Waals surface area contributed by atoms with E-state index in [0.29, 0.717) is 0 Å². The average molecular weight is 476 g/mol. The summed E-state index contributed by atoms with van der Waals surface area (Å²) in [6.07, 6.45) is 12.4. The van der Waals surface area contributed by atoms with Crippen LogP contribution in [0, 0.1) is 0 Å². The Labute approximate surface area is 172 Å². The number of unbranched alkanes of at least 4 members (excludes halogenated alkanes) is 5. The zero-order valence-corrected chi connectivity index (χ0v) is 21.4. The quantitative estimate of drug-likeness (QED) is 0.193. The number of aromatic nitrogens is 1. The Balaban J connectivity index is 2.52. The number of hydrogen-bond acceptors (Lipinski definition) is 0. The van der Waals surface area contributed by atoms with E-state index < -0.39 is 18.4 Å². The predicted octanol–water partition coefficient (Wildman–Crippen LogP) is 7.89. The molecule has 0 aliphatic rings. The topological polar surface area (TPSA) is 4.93 Å². The molecule has 2 heteroatoms. The van der Waals surface area contributed by atoms with E-state index in [1.54, 1.807) is 13.3 Å². The van der Waals surface area contributed by atoms with E-state index >= 15 is 0 Å². The zero-order chi connectivity index (χ0) is 19.5. The van der Waals surface area contributed by atoms with Crippen LogP contribution in [0.4, 0.5) is 0 Å². The van der Waals surface area contributed by atoms with E-state index in [1.165, 1.54) is 75.2 Å². The van der Waals surface area contributed by atoms with E-state index in [9.17, 15) is 0 Å². The van der Waals surface area contributed by atoms with E-state index in [-0.39, 0.29) is 0 Å². The van der Waals surface area contributed by atoms with Gasteiger partial charge < -0.3 is 0 Å². The molecule has 1 heterocycles. The van der Waals surface area contributed by atoms with Crippen LogP contribution in [-0.4, -0.2) is 22.9 Å². The summed E-state index contributed by atoms with van der Waals surface area (Å²) in [5, 5.41) is 1.49. The Morgan fingerprint density at radius 1 is 0.704 bits per heavy atom. The summed E-state index contributed by atoms with van der Waals surface area (Å²) in [6, 6.07) is 11.8. The van der Waals surface area contributed by atoms with Crippen molar-refractivity contribution in [3.63, 3.8) is 0 Å². The molecule has 0 fully saturated rings. The first-order chi connectivity index (χ1) is 13.2. The summed E-state index contributed by atoms with van der Waals surface area (Å²) in [6.45, 7) is 10.7. The first kappa shape index (κ1) is 22.8. The van der Waals surface area contributed by atoms with E-state index in [1.807, 2.05) is 3.71 Å². The van der Waals surface area contributed by atoms with Crippen LogP contribution in [0.15, 0.2) is 30.3 Å². The fraction of sp³-hybridized carbons (Fsp3) is 0.680. The van der Waals surface area contributed by atoms with Crippen molar-refractivity contribution >= 4 is 33.0 Å². The maximum absolute atomic E-state index is 2.81. The van der Waals surface area contributed by atoms with Gasteiger partial charge in [-0.05, 0) is 0 Å². The van der Waals surface area contributed by atoms with Crippen molar-refractivity contribution in [2.45, 2.75) is 105 Å². The van der Waals surface area contributed by atoms with Crippen LogP contribution >= 0.6 is 0 Å². The molecule has 0 N–H and O–H groups in total. The summed E-state index contributed by atoms with van der Waals surface area (Å²) < 4.78 is 9.36. The molecule has 0 unspecified atom stereocenters. The molecule has 1 nitrogen and oxygen atoms in total. The Hall–Kier alpha value is -0.441. The van der Waals surface area contributed by atoms with Gasteiger partial charge in [0.05, 0.1) is 0 Å². The van der Waals surface area contributed by atoms with Crippen molar-refractivity contribution < 1.29 is 0 Å². The second-order valence-electron chi connectivity index (χ2n) is 8.54. The summed E-state index contributed by atoms with van der Waals surface area (Å²) in [7, 11) is 0. The zero-order valence-electron chi connectivity index (χ0n) is 18.5. The molecule has 0 saturated carbocycles. The molecule has 0 spiro atoms. The summed E-state index contributed by atoms with van der Waals surface area (Å²) in [5.74, 6) is 0. The van der Waals surface area contributed by atoms with Crippen LogP contribution in [0.3, 0.4) is 0 Å².